The van der Waals surface area contributed by atoms with Crippen LogP contribution in [0.1, 0.15) is 44.7 Å². The first-order chi connectivity index (χ1) is 8.09. The van der Waals surface area contributed by atoms with Gasteiger partial charge < -0.3 is 0 Å². The van der Waals surface area contributed by atoms with Crippen LogP contribution in [0.3, 0.4) is 0 Å². The molecule has 17 heavy (non-hydrogen) atoms. The molecule has 0 N–H and O–H groups in total. The maximum Gasteiger partial charge on any atom is -0.00922 e. The molecule has 0 fully saturated rings. The zero-order valence-corrected chi connectivity index (χ0v) is 11.6. The smallest absolute Gasteiger partial charge is 0.00922 e. The van der Waals surface area contributed by atoms with Gasteiger partial charge in [-0.1, -0.05) is 47.6 Å². The van der Waals surface area contributed by atoms with E-state index in [9.17, 15) is 0 Å². The third kappa shape index (κ3) is 5.53. The monoisotopic (exact) mass is 228 g/mol. The van der Waals surface area contributed by atoms with Crippen molar-refractivity contribution in [2.75, 3.05) is 0 Å². The number of aryl methyl sites for hydroxylation is 1. The summed E-state index contributed by atoms with van der Waals surface area (Å²) in [5, 5.41) is 0. The third-order valence-corrected chi connectivity index (χ3v) is 3.02. The molecule has 1 rings (SSSR count). The Morgan fingerprint density at radius 1 is 1.06 bits per heavy atom. The van der Waals surface area contributed by atoms with Gasteiger partial charge in [-0.2, -0.15) is 0 Å². The molecule has 0 nitrogen and oxygen atoms in total. The van der Waals surface area contributed by atoms with Crippen LogP contribution in [0.5, 0.6) is 0 Å². The highest BCUT2D eigenvalue weighted by Crippen LogP contribution is 2.12. The zero-order valence-electron chi connectivity index (χ0n) is 11.6. The number of hydrogen-bond acceptors (Lipinski definition) is 0. The number of rotatable bonds is 5. The molecular weight excluding hydrogens is 204 g/mol. The lowest BCUT2D eigenvalue weighted by molar-refractivity contribution is 0.955. The summed E-state index contributed by atoms with van der Waals surface area (Å²) >= 11 is 0. The molecule has 0 aliphatic carbocycles. The van der Waals surface area contributed by atoms with E-state index in [1.165, 1.54) is 35.1 Å². The van der Waals surface area contributed by atoms with E-state index in [-0.39, 0.29) is 0 Å². The van der Waals surface area contributed by atoms with Gasteiger partial charge in [-0.05, 0) is 58.1 Å². The lowest BCUT2D eigenvalue weighted by atomic mass is 10.0. The van der Waals surface area contributed by atoms with Gasteiger partial charge in [0.1, 0.15) is 0 Å². The molecule has 0 aliphatic rings. The highest BCUT2D eigenvalue weighted by molar-refractivity contribution is 5.28. The van der Waals surface area contributed by atoms with Crippen LogP contribution in [0.4, 0.5) is 0 Å². The fraction of sp³-hybridized carbons (Fsp3) is 0.412. The molecular formula is C17H24. The van der Waals surface area contributed by atoms with Crippen LogP contribution in [-0.2, 0) is 6.42 Å². The van der Waals surface area contributed by atoms with E-state index in [0.717, 1.165) is 6.42 Å². The summed E-state index contributed by atoms with van der Waals surface area (Å²) in [7, 11) is 0. The molecule has 0 saturated carbocycles. The van der Waals surface area contributed by atoms with E-state index in [1.54, 1.807) is 0 Å². The minimum Gasteiger partial charge on any atom is -0.0856 e. The molecule has 0 saturated heterocycles. The van der Waals surface area contributed by atoms with Gasteiger partial charge in [-0.3, -0.25) is 0 Å². The molecule has 0 heteroatoms. The van der Waals surface area contributed by atoms with Crippen molar-refractivity contribution < 1.29 is 0 Å². The molecule has 0 spiro atoms. The summed E-state index contributed by atoms with van der Waals surface area (Å²) in [6, 6.07) is 8.62. The highest BCUT2D eigenvalue weighted by Gasteiger charge is 1.95. The maximum absolute atomic E-state index is 2.36. The normalized spacial score (nSPS) is 11.4. The summed E-state index contributed by atoms with van der Waals surface area (Å²) in [4.78, 5) is 0. The van der Waals surface area contributed by atoms with Gasteiger partial charge >= 0.3 is 0 Å². The fourth-order valence-electron chi connectivity index (χ4n) is 1.81. The van der Waals surface area contributed by atoms with Gasteiger partial charge in [-0.25, -0.2) is 0 Å². The topological polar surface area (TPSA) is 0 Å². The van der Waals surface area contributed by atoms with Crippen LogP contribution in [0, 0.1) is 6.92 Å². The fourth-order valence-corrected chi connectivity index (χ4v) is 1.81. The predicted octanol–water partition coefficient (Wildman–Crippen LogP) is 5.23. The Morgan fingerprint density at radius 3 is 2.41 bits per heavy atom. The SMILES string of the molecule is CC(C)=CCC/C(C)=C/Cc1ccccc1C. The maximum atomic E-state index is 2.36. The number of allylic oxidation sites excluding steroid dienone is 4. The minimum atomic E-state index is 1.06. The second-order valence-electron chi connectivity index (χ2n) is 5.00. The van der Waals surface area contributed by atoms with Crippen molar-refractivity contribution in [1.29, 1.82) is 0 Å². The summed E-state index contributed by atoms with van der Waals surface area (Å²) in [6.45, 7) is 8.73. The zero-order chi connectivity index (χ0) is 12.7. The highest BCUT2D eigenvalue weighted by atomic mass is 14.0. The molecule has 0 aliphatic heterocycles. The molecule has 1 aromatic carbocycles. The van der Waals surface area contributed by atoms with Gasteiger partial charge in [-0.15, -0.1) is 0 Å². The molecule has 0 aromatic heterocycles. The van der Waals surface area contributed by atoms with E-state index in [1.807, 2.05) is 0 Å². The van der Waals surface area contributed by atoms with Crippen molar-refractivity contribution in [1.82, 2.24) is 0 Å². The standard InChI is InChI=1S/C17H24/c1-14(2)8-7-9-15(3)12-13-17-11-6-5-10-16(17)4/h5-6,8,10-12H,7,9,13H2,1-4H3/b15-12+. The first kappa shape index (κ1) is 13.8. The van der Waals surface area contributed by atoms with Crippen LogP contribution < -0.4 is 0 Å². The van der Waals surface area contributed by atoms with Gasteiger partial charge in [0, 0.05) is 0 Å². The first-order valence-electron chi connectivity index (χ1n) is 6.43. The van der Waals surface area contributed by atoms with Crippen LogP contribution in [0.15, 0.2) is 47.6 Å². The predicted molar refractivity (Wildman–Crippen MR) is 77.3 cm³/mol. The first-order valence-corrected chi connectivity index (χ1v) is 6.43. The third-order valence-electron chi connectivity index (χ3n) is 3.02. The van der Waals surface area contributed by atoms with E-state index in [4.69, 9.17) is 0 Å². The summed E-state index contributed by atoms with van der Waals surface area (Å²) in [6.07, 6.45) is 8.08. The van der Waals surface area contributed by atoms with Crippen molar-refractivity contribution >= 4 is 0 Å². The Bertz CT molecular complexity index is 404. The molecule has 92 valence electrons. The van der Waals surface area contributed by atoms with Crippen LogP contribution in [-0.4, -0.2) is 0 Å². The lowest BCUT2D eigenvalue weighted by Gasteiger charge is -2.03. The summed E-state index contributed by atoms with van der Waals surface area (Å²) < 4.78 is 0. The Kier molecular flexibility index (Phi) is 5.76. The quantitative estimate of drug-likeness (QED) is 0.605. The second kappa shape index (κ2) is 7.11. The van der Waals surface area contributed by atoms with E-state index < -0.39 is 0 Å². The van der Waals surface area contributed by atoms with Crippen molar-refractivity contribution in [2.45, 2.75) is 47.0 Å². The van der Waals surface area contributed by atoms with Crippen LogP contribution in [0.2, 0.25) is 0 Å². The van der Waals surface area contributed by atoms with Gasteiger partial charge in [0.15, 0.2) is 0 Å². The minimum absolute atomic E-state index is 1.06. The molecule has 0 radical (unpaired) electrons. The second-order valence-corrected chi connectivity index (χ2v) is 5.00. The van der Waals surface area contributed by atoms with Crippen molar-refractivity contribution in [3.05, 3.63) is 58.7 Å². The Morgan fingerprint density at radius 2 is 1.76 bits per heavy atom. The Hall–Kier alpha value is -1.30. The van der Waals surface area contributed by atoms with Crippen molar-refractivity contribution in [2.24, 2.45) is 0 Å². The number of hydrogen-bond donors (Lipinski definition) is 0. The van der Waals surface area contributed by atoms with Crippen molar-refractivity contribution in [3.8, 4) is 0 Å². The molecule has 0 atom stereocenters. The average Bonchev–Trinajstić information content (AvgIpc) is 2.27. The average molecular weight is 228 g/mol. The molecule has 0 heterocycles. The van der Waals surface area contributed by atoms with E-state index in [0.29, 0.717) is 0 Å². The largest absolute Gasteiger partial charge is 0.0856 e. The van der Waals surface area contributed by atoms with Crippen LogP contribution >= 0.6 is 0 Å². The summed E-state index contributed by atoms with van der Waals surface area (Å²) in [5.74, 6) is 0. The van der Waals surface area contributed by atoms with E-state index >= 15 is 0 Å². The molecule has 0 amide bonds. The molecule has 1 aromatic rings. The van der Waals surface area contributed by atoms with Crippen molar-refractivity contribution in [3.63, 3.8) is 0 Å². The molecule has 0 bridgehead atoms. The van der Waals surface area contributed by atoms with E-state index in [2.05, 4.69) is 64.1 Å². The Labute approximate surface area is 106 Å². The van der Waals surface area contributed by atoms with Gasteiger partial charge in [0.05, 0.1) is 0 Å². The lowest BCUT2D eigenvalue weighted by Crippen LogP contribution is -1.87. The number of benzene rings is 1. The van der Waals surface area contributed by atoms with Gasteiger partial charge in [0.2, 0.25) is 0 Å². The van der Waals surface area contributed by atoms with Crippen LogP contribution in [0.25, 0.3) is 0 Å². The summed E-state index contributed by atoms with van der Waals surface area (Å²) in [5.41, 5.74) is 5.73. The Balaban J connectivity index is 2.48. The van der Waals surface area contributed by atoms with Gasteiger partial charge in [0.25, 0.3) is 0 Å². The molecule has 0 unspecified atom stereocenters.